The zero-order chi connectivity index (χ0) is 12.8. The van der Waals surface area contributed by atoms with E-state index in [1.807, 2.05) is 0 Å². The largest absolute Gasteiger partial charge is 0.368 e. The lowest BCUT2D eigenvalue weighted by Crippen LogP contribution is -2.20. The number of aromatic nitrogens is 4. The third-order valence-electron chi connectivity index (χ3n) is 4.67. The summed E-state index contributed by atoms with van der Waals surface area (Å²) in [4.78, 5) is 15.5. The molecule has 5 nitrogen and oxygen atoms in total. The number of halogens is 1. The van der Waals surface area contributed by atoms with Crippen LogP contribution in [0.15, 0.2) is 6.33 Å². The first kappa shape index (κ1) is 11.5. The molecule has 6 heteroatoms. The normalized spacial score (nSPS) is 29.2. The Morgan fingerprint density at radius 3 is 3.05 bits per heavy atom. The van der Waals surface area contributed by atoms with E-state index in [0.29, 0.717) is 5.65 Å². The zero-order valence-corrected chi connectivity index (χ0v) is 11.3. The van der Waals surface area contributed by atoms with Gasteiger partial charge in [-0.2, -0.15) is 9.97 Å². The Labute approximate surface area is 116 Å². The van der Waals surface area contributed by atoms with Crippen LogP contribution in [0.4, 0.5) is 5.82 Å². The fourth-order valence-corrected chi connectivity index (χ4v) is 3.95. The van der Waals surface area contributed by atoms with Crippen molar-refractivity contribution in [3.8, 4) is 0 Å². The fourth-order valence-electron chi connectivity index (χ4n) is 3.79. The number of fused-ring (bicyclic) bond motifs is 3. The first-order chi connectivity index (χ1) is 9.29. The summed E-state index contributed by atoms with van der Waals surface area (Å²) in [5.74, 6) is 3.44. The predicted octanol–water partition coefficient (Wildman–Crippen LogP) is 2.85. The summed E-state index contributed by atoms with van der Waals surface area (Å²) in [5, 5.41) is 3.68. The van der Waals surface area contributed by atoms with Gasteiger partial charge >= 0.3 is 0 Å². The molecule has 2 aromatic heterocycles. The minimum absolute atomic E-state index is 0.245. The maximum atomic E-state index is 5.92. The van der Waals surface area contributed by atoms with Crippen molar-refractivity contribution in [1.29, 1.82) is 0 Å². The van der Waals surface area contributed by atoms with Crippen LogP contribution in [0.25, 0.3) is 11.2 Å². The first-order valence-corrected chi connectivity index (χ1v) is 7.28. The van der Waals surface area contributed by atoms with Crippen LogP contribution in [-0.2, 0) is 0 Å². The van der Waals surface area contributed by atoms with E-state index >= 15 is 0 Å². The second-order valence-electron chi connectivity index (χ2n) is 5.76. The molecular formula is C13H16ClN5. The van der Waals surface area contributed by atoms with Crippen LogP contribution in [0.2, 0.25) is 5.28 Å². The van der Waals surface area contributed by atoms with E-state index in [1.54, 1.807) is 6.33 Å². The maximum Gasteiger partial charge on any atom is 0.226 e. The number of nitrogens with one attached hydrogen (secondary N) is 2. The number of hydrogen-bond donors (Lipinski definition) is 2. The zero-order valence-electron chi connectivity index (χ0n) is 10.6. The molecule has 0 aromatic carbocycles. The molecule has 2 heterocycles. The summed E-state index contributed by atoms with van der Waals surface area (Å²) < 4.78 is 0. The number of rotatable bonds is 3. The van der Waals surface area contributed by atoms with E-state index in [2.05, 4.69) is 25.3 Å². The van der Waals surface area contributed by atoms with E-state index in [1.165, 1.54) is 25.7 Å². The molecule has 2 bridgehead atoms. The third-order valence-corrected chi connectivity index (χ3v) is 4.84. The summed E-state index contributed by atoms with van der Waals surface area (Å²) in [6.07, 6.45) is 7.25. The smallest absolute Gasteiger partial charge is 0.226 e. The molecule has 19 heavy (non-hydrogen) atoms. The molecule has 0 spiro atoms. The minimum atomic E-state index is 0.245. The summed E-state index contributed by atoms with van der Waals surface area (Å²) in [5.41, 5.74) is 1.46. The second kappa shape index (κ2) is 4.34. The van der Waals surface area contributed by atoms with Crippen molar-refractivity contribution in [2.45, 2.75) is 25.7 Å². The lowest BCUT2D eigenvalue weighted by Gasteiger charge is -2.22. The lowest BCUT2D eigenvalue weighted by atomic mass is 9.89. The van der Waals surface area contributed by atoms with Crippen molar-refractivity contribution in [2.24, 2.45) is 17.8 Å². The van der Waals surface area contributed by atoms with Crippen molar-refractivity contribution in [3.05, 3.63) is 11.6 Å². The minimum Gasteiger partial charge on any atom is -0.368 e. The highest BCUT2D eigenvalue weighted by Crippen LogP contribution is 2.48. The number of hydrogen-bond acceptors (Lipinski definition) is 4. The lowest BCUT2D eigenvalue weighted by molar-refractivity contribution is 0.348. The van der Waals surface area contributed by atoms with Crippen LogP contribution in [0, 0.1) is 17.8 Å². The fraction of sp³-hybridized carbons (Fsp3) is 0.615. The SMILES string of the molecule is Clc1nc(NCC2CC3CCC2C3)c2[nH]cnc2n1. The summed E-state index contributed by atoms with van der Waals surface area (Å²) in [6.45, 7) is 0.975. The Bertz CT molecular complexity index is 610. The van der Waals surface area contributed by atoms with Gasteiger partial charge in [-0.15, -0.1) is 0 Å². The molecule has 2 saturated carbocycles. The van der Waals surface area contributed by atoms with E-state index < -0.39 is 0 Å². The molecule has 2 aliphatic rings. The molecule has 0 amide bonds. The molecule has 2 aliphatic carbocycles. The second-order valence-corrected chi connectivity index (χ2v) is 6.10. The average molecular weight is 278 g/mol. The van der Waals surface area contributed by atoms with Crippen LogP contribution < -0.4 is 5.32 Å². The summed E-state index contributed by atoms with van der Waals surface area (Å²) in [6, 6.07) is 0. The molecule has 4 rings (SSSR count). The molecule has 100 valence electrons. The number of anilines is 1. The van der Waals surface area contributed by atoms with Gasteiger partial charge in [-0.25, -0.2) is 4.98 Å². The van der Waals surface area contributed by atoms with Crippen LogP contribution in [0.1, 0.15) is 25.7 Å². The van der Waals surface area contributed by atoms with Gasteiger partial charge in [0, 0.05) is 6.54 Å². The van der Waals surface area contributed by atoms with Gasteiger partial charge in [0.2, 0.25) is 5.28 Å². The topological polar surface area (TPSA) is 66.5 Å². The van der Waals surface area contributed by atoms with Crippen molar-refractivity contribution in [2.75, 3.05) is 11.9 Å². The van der Waals surface area contributed by atoms with Gasteiger partial charge in [0.15, 0.2) is 11.5 Å². The Hall–Kier alpha value is -1.36. The molecule has 0 aliphatic heterocycles. The van der Waals surface area contributed by atoms with Crippen LogP contribution in [0.3, 0.4) is 0 Å². The number of aromatic amines is 1. The average Bonchev–Trinajstić information content (AvgIpc) is 3.10. The molecule has 3 unspecified atom stereocenters. The Morgan fingerprint density at radius 2 is 2.26 bits per heavy atom. The van der Waals surface area contributed by atoms with Crippen molar-refractivity contribution in [3.63, 3.8) is 0 Å². The summed E-state index contributed by atoms with van der Waals surface area (Å²) in [7, 11) is 0. The van der Waals surface area contributed by atoms with Crippen LogP contribution >= 0.6 is 11.6 Å². The molecule has 0 radical (unpaired) electrons. The van der Waals surface area contributed by atoms with Gasteiger partial charge in [0.1, 0.15) is 5.52 Å². The predicted molar refractivity (Wildman–Crippen MR) is 74.1 cm³/mol. The van der Waals surface area contributed by atoms with Gasteiger partial charge in [0.05, 0.1) is 6.33 Å². The van der Waals surface area contributed by atoms with Gasteiger partial charge in [-0.3, -0.25) is 0 Å². The molecule has 3 atom stereocenters. The highest BCUT2D eigenvalue weighted by molar-refractivity contribution is 6.28. The van der Waals surface area contributed by atoms with E-state index in [0.717, 1.165) is 35.6 Å². The molecular weight excluding hydrogens is 262 g/mol. The Morgan fingerprint density at radius 1 is 1.32 bits per heavy atom. The van der Waals surface area contributed by atoms with E-state index in [9.17, 15) is 0 Å². The monoisotopic (exact) mass is 277 g/mol. The van der Waals surface area contributed by atoms with Crippen molar-refractivity contribution >= 4 is 28.6 Å². The van der Waals surface area contributed by atoms with Crippen LogP contribution in [0.5, 0.6) is 0 Å². The number of imidazole rings is 1. The van der Waals surface area contributed by atoms with Gasteiger partial charge in [0.25, 0.3) is 0 Å². The van der Waals surface area contributed by atoms with E-state index in [-0.39, 0.29) is 5.28 Å². The Balaban J connectivity index is 1.53. The molecule has 2 fully saturated rings. The molecule has 0 saturated heterocycles. The van der Waals surface area contributed by atoms with Gasteiger partial charge in [-0.1, -0.05) is 6.42 Å². The standard InChI is InChI=1S/C13H16ClN5/c14-13-18-11(10-12(19-13)17-6-16-10)15-5-9-4-7-1-2-8(9)3-7/h6-9H,1-5H2,(H2,15,16,17,18,19). The number of H-pyrrole nitrogens is 1. The highest BCUT2D eigenvalue weighted by Gasteiger charge is 2.39. The third kappa shape index (κ3) is 1.96. The number of nitrogens with zero attached hydrogens (tertiary/aromatic N) is 3. The summed E-state index contributed by atoms with van der Waals surface area (Å²) >= 11 is 5.92. The van der Waals surface area contributed by atoms with Gasteiger partial charge < -0.3 is 10.3 Å². The maximum absolute atomic E-state index is 5.92. The molecule has 2 N–H and O–H groups in total. The first-order valence-electron chi connectivity index (χ1n) is 6.90. The van der Waals surface area contributed by atoms with Crippen molar-refractivity contribution < 1.29 is 0 Å². The van der Waals surface area contributed by atoms with Gasteiger partial charge in [-0.05, 0) is 48.6 Å². The van der Waals surface area contributed by atoms with Crippen LogP contribution in [-0.4, -0.2) is 26.5 Å². The highest BCUT2D eigenvalue weighted by atomic mass is 35.5. The molecule has 2 aromatic rings. The Kier molecular flexibility index (Phi) is 2.62. The quantitative estimate of drug-likeness (QED) is 0.847. The van der Waals surface area contributed by atoms with E-state index in [4.69, 9.17) is 11.6 Å². The van der Waals surface area contributed by atoms with Crippen molar-refractivity contribution in [1.82, 2.24) is 19.9 Å².